The maximum atomic E-state index is 12.9. The second-order valence-electron chi connectivity index (χ2n) is 8.51. The highest BCUT2D eigenvalue weighted by Crippen LogP contribution is 2.21. The molecule has 1 aliphatic carbocycles. The number of nitrogens with one attached hydrogen (secondary N) is 2. The van der Waals surface area contributed by atoms with E-state index >= 15 is 0 Å². The maximum Gasteiger partial charge on any atom is 0.271 e. The number of carbonyl (C=O) groups excluding carboxylic acids is 2. The molecule has 0 unspecified atom stereocenters. The van der Waals surface area contributed by atoms with Crippen LogP contribution in [0.5, 0.6) is 11.5 Å². The third-order valence-corrected chi connectivity index (χ3v) is 6.85. The molecule has 2 aromatic carbocycles. The monoisotopic (exact) mass is 513 g/mol. The molecule has 1 fully saturated rings. The molecule has 1 saturated carbocycles. The van der Waals surface area contributed by atoms with E-state index in [-0.39, 0.29) is 30.5 Å². The van der Waals surface area contributed by atoms with E-state index in [9.17, 15) is 9.59 Å². The van der Waals surface area contributed by atoms with Gasteiger partial charge in [-0.1, -0.05) is 42.1 Å². The van der Waals surface area contributed by atoms with Crippen LogP contribution in [-0.4, -0.2) is 35.5 Å². The van der Waals surface area contributed by atoms with Gasteiger partial charge in [0.15, 0.2) is 6.61 Å². The molecule has 1 heterocycles. The first-order chi connectivity index (χ1) is 17.0. The topological polar surface area (TPSA) is 89.5 Å². The Balaban J connectivity index is 1.27. The van der Waals surface area contributed by atoms with Gasteiger partial charge in [0.25, 0.3) is 11.8 Å². The zero-order valence-corrected chi connectivity index (χ0v) is 21.0. The van der Waals surface area contributed by atoms with E-state index in [1.165, 1.54) is 11.3 Å². The number of benzene rings is 2. The summed E-state index contributed by atoms with van der Waals surface area (Å²) in [7, 11) is 0. The molecule has 1 aliphatic rings. The van der Waals surface area contributed by atoms with Crippen LogP contribution in [0.3, 0.4) is 0 Å². The standard InChI is InChI=1S/C26H28ClN3O4S/c1-17-6-10-19(11-7-17)34-15-25-29-23(16-35-25)26(32)30-22-5-3-2-4-21(22)28-24(31)14-33-20-12-8-18(27)9-13-20/h6-13,16,21-22H,2-5,14-15H2,1H3,(H,28,31)(H,30,32)/t21-,22+/m0/s1. The SMILES string of the molecule is Cc1ccc(OCc2nc(C(=O)N[C@@H]3CCCC[C@@H]3NC(=O)COc3ccc(Cl)cc3)cs2)cc1. The first-order valence-corrected chi connectivity index (χ1v) is 12.8. The highest BCUT2D eigenvalue weighted by molar-refractivity contribution is 7.09. The lowest BCUT2D eigenvalue weighted by atomic mass is 9.90. The molecule has 0 saturated heterocycles. The highest BCUT2D eigenvalue weighted by Gasteiger charge is 2.28. The first kappa shape index (κ1) is 25.0. The normalized spacial score (nSPS) is 17.4. The summed E-state index contributed by atoms with van der Waals surface area (Å²) in [6.45, 7) is 2.22. The minimum absolute atomic E-state index is 0.102. The van der Waals surface area contributed by atoms with E-state index in [0.29, 0.717) is 23.1 Å². The molecule has 1 aromatic heterocycles. The number of aromatic nitrogens is 1. The van der Waals surface area contributed by atoms with Gasteiger partial charge in [-0.3, -0.25) is 9.59 Å². The summed E-state index contributed by atoms with van der Waals surface area (Å²) in [6.07, 6.45) is 3.57. The van der Waals surface area contributed by atoms with Crippen molar-refractivity contribution in [3.8, 4) is 11.5 Å². The van der Waals surface area contributed by atoms with E-state index in [4.69, 9.17) is 21.1 Å². The molecule has 4 rings (SSSR count). The Morgan fingerprint density at radius 2 is 1.60 bits per heavy atom. The molecule has 0 bridgehead atoms. The summed E-state index contributed by atoms with van der Waals surface area (Å²) < 4.78 is 11.3. The molecular formula is C26H28ClN3O4S. The molecule has 9 heteroatoms. The largest absolute Gasteiger partial charge is 0.486 e. The molecule has 0 spiro atoms. The molecule has 2 atom stereocenters. The maximum absolute atomic E-state index is 12.9. The minimum atomic E-state index is -0.244. The zero-order chi connectivity index (χ0) is 24.6. The van der Waals surface area contributed by atoms with Gasteiger partial charge in [-0.05, 0) is 56.2 Å². The van der Waals surface area contributed by atoms with Gasteiger partial charge in [-0.15, -0.1) is 11.3 Å². The molecule has 3 aromatic rings. The predicted molar refractivity (Wildman–Crippen MR) is 136 cm³/mol. The number of ether oxygens (including phenoxy) is 2. The number of hydrogen-bond acceptors (Lipinski definition) is 6. The van der Waals surface area contributed by atoms with Crippen LogP contribution in [0, 0.1) is 6.92 Å². The van der Waals surface area contributed by atoms with Crippen molar-refractivity contribution in [1.82, 2.24) is 15.6 Å². The summed E-state index contributed by atoms with van der Waals surface area (Å²) in [5, 5.41) is 9.14. The lowest BCUT2D eigenvalue weighted by molar-refractivity contribution is -0.124. The Kier molecular flexibility index (Phi) is 8.60. The van der Waals surface area contributed by atoms with Crippen molar-refractivity contribution in [2.24, 2.45) is 0 Å². The molecule has 2 amide bonds. The van der Waals surface area contributed by atoms with Gasteiger partial charge in [-0.2, -0.15) is 0 Å². The van der Waals surface area contributed by atoms with Crippen molar-refractivity contribution < 1.29 is 19.1 Å². The van der Waals surface area contributed by atoms with Gasteiger partial charge in [0.1, 0.15) is 28.8 Å². The smallest absolute Gasteiger partial charge is 0.271 e. The molecule has 0 aliphatic heterocycles. The number of halogens is 1. The van der Waals surface area contributed by atoms with Crippen LogP contribution in [-0.2, 0) is 11.4 Å². The van der Waals surface area contributed by atoms with E-state index < -0.39 is 0 Å². The Morgan fingerprint density at radius 1 is 0.971 bits per heavy atom. The van der Waals surface area contributed by atoms with Crippen molar-refractivity contribution in [2.45, 2.75) is 51.3 Å². The quantitative estimate of drug-likeness (QED) is 0.424. The van der Waals surface area contributed by atoms with Crippen LogP contribution < -0.4 is 20.1 Å². The van der Waals surface area contributed by atoms with Crippen LogP contribution in [0.4, 0.5) is 0 Å². The van der Waals surface area contributed by atoms with Crippen molar-refractivity contribution in [2.75, 3.05) is 6.61 Å². The Hall–Kier alpha value is -3.10. The zero-order valence-electron chi connectivity index (χ0n) is 19.5. The third kappa shape index (κ3) is 7.44. The highest BCUT2D eigenvalue weighted by atomic mass is 35.5. The fourth-order valence-corrected chi connectivity index (χ4v) is 4.72. The molecule has 184 valence electrons. The molecule has 2 N–H and O–H groups in total. The number of nitrogens with zero attached hydrogens (tertiary/aromatic N) is 1. The second-order valence-corrected chi connectivity index (χ2v) is 9.89. The Labute approximate surface area is 213 Å². The second kappa shape index (κ2) is 12.0. The van der Waals surface area contributed by atoms with Gasteiger partial charge in [0.2, 0.25) is 0 Å². The van der Waals surface area contributed by atoms with E-state index in [0.717, 1.165) is 42.0 Å². The number of rotatable bonds is 9. The van der Waals surface area contributed by atoms with Crippen LogP contribution in [0.15, 0.2) is 53.9 Å². The van der Waals surface area contributed by atoms with Crippen LogP contribution in [0.2, 0.25) is 5.02 Å². The predicted octanol–water partition coefficient (Wildman–Crippen LogP) is 4.92. The average molecular weight is 514 g/mol. The van der Waals surface area contributed by atoms with E-state index in [2.05, 4.69) is 15.6 Å². The number of hydrogen-bond donors (Lipinski definition) is 2. The summed E-state index contributed by atoms with van der Waals surface area (Å²) in [5.41, 5.74) is 1.52. The summed E-state index contributed by atoms with van der Waals surface area (Å²) >= 11 is 7.26. The van der Waals surface area contributed by atoms with Crippen LogP contribution >= 0.6 is 22.9 Å². The van der Waals surface area contributed by atoms with Gasteiger partial charge in [-0.25, -0.2) is 4.98 Å². The number of amides is 2. The van der Waals surface area contributed by atoms with E-state index in [1.54, 1.807) is 29.6 Å². The molecular weight excluding hydrogens is 486 g/mol. The molecule has 35 heavy (non-hydrogen) atoms. The first-order valence-electron chi connectivity index (χ1n) is 11.6. The van der Waals surface area contributed by atoms with Gasteiger partial charge in [0.05, 0.1) is 0 Å². The van der Waals surface area contributed by atoms with Crippen molar-refractivity contribution in [3.05, 3.63) is 75.2 Å². The van der Waals surface area contributed by atoms with Crippen LogP contribution in [0.1, 0.15) is 46.7 Å². The van der Waals surface area contributed by atoms with Crippen molar-refractivity contribution in [1.29, 1.82) is 0 Å². The number of aryl methyl sites for hydroxylation is 1. The number of carbonyl (C=O) groups is 2. The average Bonchev–Trinajstić information content (AvgIpc) is 3.34. The van der Waals surface area contributed by atoms with Gasteiger partial charge >= 0.3 is 0 Å². The fourth-order valence-electron chi connectivity index (χ4n) is 3.91. The summed E-state index contributed by atoms with van der Waals surface area (Å²) in [6, 6.07) is 14.3. The minimum Gasteiger partial charge on any atom is -0.486 e. The number of thiazole rings is 1. The van der Waals surface area contributed by atoms with Gasteiger partial charge < -0.3 is 20.1 Å². The van der Waals surface area contributed by atoms with Crippen molar-refractivity contribution in [3.63, 3.8) is 0 Å². The Bertz CT molecular complexity index is 1130. The molecule has 7 nitrogen and oxygen atoms in total. The van der Waals surface area contributed by atoms with Crippen LogP contribution in [0.25, 0.3) is 0 Å². The fraction of sp³-hybridized carbons (Fsp3) is 0.346. The van der Waals surface area contributed by atoms with Gasteiger partial charge in [0, 0.05) is 22.5 Å². The lowest BCUT2D eigenvalue weighted by Crippen LogP contribution is -2.54. The third-order valence-electron chi connectivity index (χ3n) is 5.78. The Morgan fingerprint density at radius 3 is 2.31 bits per heavy atom. The van der Waals surface area contributed by atoms with Crippen molar-refractivity contribution >= 4 is 34.8 Å². The summed E-state index contributed by atoms with van der Waals surface area (Å²) in [4.78, 5) is 29.7. The van der Waals surface area contributed by atoms with E-state index in [1.807, 2.05) is 31.2 Å². The summed E-state index contributed by atoms with van der Waals surface area (Å²) in [5.74, 6) is 0.864. The molecule has 0 radical (unpaired) electrons. The lowest BCUT2D eigenvalue weighted by Gasteiger charge is -2.32.